The predicted molar refractivity (Wildman–Crippen MR) is 96.4 cm³/mol. The second-order valence-electron chi connectivity index (χ2n) is 4.45. The number of thiophene rings is 2. The quantitative estimate of drug-likeness (QED) is 0.637. The van der Waals surface area contributed by atoms with Gasteiger partial charge in [-0.15, -0.1) is 22.7 Å². The minimum absolute atomic E-state index is 0.172. The number of hydrogen-bond donors (Lipinski definition) is 2. The van der Waals surface area contributed by atoms with Crippen molar-refractivity contribution in [3.05, 3.63) is 46.9 Å². The zero-order valence-corrected chi connectivity index (χ0v) is 15.3. The number of aryl methyl sites for hydroxylation is 1. The number of rotatable bonds is 3. The number of fused-ring (bicyclic) bond motifs is 1. The molecule has 0 aliphatic rings. The molecule has 0 aromatic carbocycles. The minimum atomic E-state index is -0.373. The summed E-state index contributed by atoms with van der Waals surface area (Å²) in [4.78, 5) is 30.0. The largest absolute Gasteiger partial charge is 0.322 e. The van der Waals surface area contributed by atoms with E-state index in [0.717, 1.165) is 25.3 Å². The minimum Gasteiger partial charge on any atom is -0.322 e. The number of aromatic amines is 1. The standard InChI is InChI=1S/C13H10BrN3O2S3/c1-2-7-4-8-11(22-7)15-13(20)17(12(8)19)16-10(18)9-3-6(14)5-21-9/h3-5H,2H2,1H3,(H,15,20)(H,16,18). The molecule has 22 heavy (non-hydrogen) atoms. The highest BCUT2D eigenvalue weighted by molar-refractivity contribution is 9.10. The van der Waals surface area contributed by atoms with Crippen molar-refractivity contribution in [2.75, 3.05) is 5.43 Å². The second-order valence-corrected chi connectivity index (χ2v) is 7.80. The van der Waals surface area contributed by atoms with Crippen LogP contribution in [0.25, 0.3) is 10.2 Å². The Hall–Kier alpha value is -1.29. The van der Waals surface area contributed by atoms with Crippen LogP contribution in [0.4, 0.5) is 0 Å². The van der Waals surface area contributed by atoms with Gasteiger partial charge in [0.25, 0.3) is 11.5 Å². The van der Waals surface area contributed by atoms with Crippen LogP contribution in [-0.2, 0) is 6.42 Å². The maximum atomic E-state index is 12.5. The number of hydrogen-bond acceptors (Lipinski definition) is 5. The maximum Gasteiger partial charge on any atom is 0.282 e. The van der Waals surface area contributed by atoms with Crippen LogP contribution in [0.2, 0.25) is 0 Å². The molecule has 0 bridgehead atoms. The van der Waals surface area contributed by atoms with Gasteiger partial charge in [-0.25, -0.2) is 0 Å². The van der Waals surface area contributed by atoms with Gasteiger partial charge in [-0.3, -0.25) is 15.0 Å². The third-order valence-corrected chi connectivity index (χ3v) is 6.16. The molecular formula is C13H10BrN3O2S3. The molecule has 0 aliphatic carbocycles. The smallest absolute Gasteiger partial charge is 0.282 e. The normalized spacial score (nSPS) is 11.0. The van der Waals surface area contributed by atoms with E-state index in [-0.39, 0.29) is 16.2 Å². The van der Waals surface area contributed by atoms with E-state index in [9.17, 15) is 9.59 Å². The van der Waals surface area contributed by atoms with Gasteiger partial charge in [0.15, 0.2) is 0 Å². The van der Waals surface area contributed by atoms with Gasteiger partial charge in [0.1, 0.15) is 4.83 Å². The van der Waals surface area contributed by atoms with Gasteiger partial charge in [0.05, 0.1) is 10.3 Å². The summed E-state index contributed by atoms with van der Waals surface area (Å²) < 4.78 is 2.08. The van der Waals surface area contributed by atoms with Gasteiger partial charge in [-0.1, -0.05) is 6.92 Å². The lowest BCUT2D eigenvalue weighted by Crippen LogP contribution is -2.33. The molecule has 5 nitrogen and oxygen atoms in total. The molecule has 0 unspecified atom stereocenters. The Balaban J connectivity index is 2.05. The predicted octanol–water partition coefficient (Wildman–Crippen LogP) is 3.89. The zero-order chi connectivity index (χ0) is 15.9. The van der Waals surface area contributed by atoms with Crippen LogP contribution in [0.5, 0.6) is 0 Å². The Morgan fingerprint density at radius 1 is 1.50 bits per heavy atom. The van der Waals surface area contributed by atoms with Crippen molar-refractivity contribution in [1.82, 2.24) is 9.66 Å². The van der Waals surface area contributed by atoms with Crippen molar-refractivity contribution in [3.63, 3.8) is 0 Å². The van der Waals surface area contributed by atoms with Crippen LogP contribution < -0.4 is 11.0 Å². The molecule has 0 spiro atoms. The van der Waals surface area contributed by atoms with E-state index in [1.165, 1.54) is 22.7 Å². The molecule has 0 saturated heterocycles. The molecule has 114 valence electrons. The van der Waals surface area contributed by atoms with Crippen LogP contribution in [0.1, 0.15) is 21.5 Å². The molecule has 3 aromatic rings. The number of halogens is 1. The average molecular weight is 416 g/mol. The lowest BCUT2D eigenvalue weighted by molar-refractivity contribution is 0.101. The van der Waals surface area contributed by atoms with E-state index in [2.05, 4.69) is 26.3 Å². The summed E-state index contributed by atoms with van der Waals surface area (Å²) in [5, 5.41) is 2.33. The van der Waals surface area contributed by atoms with E-state index in [4.69, 9.17) is 12.2 Å². The van der Waals surface area contributed by atoms with Gasteiger partial charge in [-0.2, -0.15) is 4.68 Å². The maximum absolute atomic E-state index is 12.5. The SMILES string of the molecule is CCc1cc2c(=O)n(NC(=O)c3cc(Br)cs3)c(=S)[nH]c2s1. The third-order valence-electron chi connectivity index (χ3n) is 2.99. The van der Waals surface area contributed by atoms with E-state index < -0.39 is 0 Å². The Morgan fingerprint density at radius 3 is 2.91 bits per heavy atom. The molecule has 2 N–H and O–H groups in total. The van der Waals surface area contributed by atoms with Crippen molar-refractivity contribution in [2.45, 2.75) is 13.3 Å². The second kappa shape index (κ2) is 6.07. The fourth-order valence-corrected chi connectivity index (χ4v) is 4.52. The first-order chi connectivity index (χ1) is 10.5. The highest BCUT2D eigenvalue weighted by Gasteiger charge is 2.13. The van der Waals surface area contributed by atoms with Crippen LogP contribution >= 0.6 is 50.8 Å². The Labute approximate surface area is 146 Å². The number of carbonyl (C=O) groups excluding carboxylic acids is 1. The number of amides is 1. The molecule has 0 saturated carbocycles. The monoisotopic (exact) mass is 415 g/mol. The van der Waals surface area contributed by atoms with Gasteiger partial charge < -0.3 is 4.98 Å². The van der Waals surface area contributed by atoms with Gasteiger partial charge >= 0.3 is 0 Å². The number of nitrogens with one attached hydrogen (secondary N) is 2. The molecule has 3 aromatic heterocycles. The highest BCUT2D eigenvalue weighted by Crippen LogP contribution is 2.22. The highest BCUT2D eigenvalue weighted by atomic mass is 79.9. The van der Waals surface area contributed by atoms with Crippen LogP contribution in [0.15, 0.2) is 26.8 Å². The molecule has 0 atom stereocenters. The molecule has 0 radical (unpaired) electrons. The summed E-state index contributed by atoms with van der Waals surface area (Å²) >= 11 is 11.3. The fraction of sp³-hybridized carbons (Fsp3) is 0.154. The van der Waals surface area contributed by atoms with Crippen LogP contribution in [0, 0.1) is 4.77 Å². The summed E-state index contributed by atoms with van der Waals surface area (Å²) in [5.74, 6) is -0.373. The van der Waals surface area contributed by atoms with E-state index in [1.54, 1.807) is 11.4 Å². The number of aromatic nitrogens is 2. The van der Waals surface area contributed by atoms with Gasteiger partial charge in [0, 0.05) is 14.7 Å². The van der Waals surface area contributed by atoms with Crippen molar-refractivity contribution in [1.29, 1.82) is 0 Å². The third kappa shape index (κ3) is 2.81. The lowest BCUT2D eigenvalue weighted by Gasteiger charge is -2.07. The van der Waals surface area contributed by atoms with E-state index in [0.29, 0.717) is 10.3 Å². The van der Waals surface area contributed by atoms with Crippen molar-refractivity contribution in [2.24, 2.45) is 0 Å². The van der Waals surface area contributed by atoms with Crippen LogP contribution in [-0.4, -0.2) is 15.6 Å². The molecule has 0 fully saturated rings. The Bertz CT molecular complexity index is 982. The van der Waals surface area contributed by atoms with Gasteiger partial charge in [0.2, 0.25) is 4.77 Å². The summed E-state index contributed by atoms with van der Waals surface area (Å²) in [6.45, 7) is 2.02. The van der Waals surface area contributed by atoms with Crippen molar-refractivity contribution >= 4 is 66.9 Å². The fourth-order valence-electron chi connectivity index (χ4n) is 1.92. The first-order valence-corrected chi connectivity index (χ1v) is 9.22. The lowest BCUT2D eigenvalue weighted by atomic mass is 10.3. The molecule has 0 aliphatic heterocycles. The first kappa shape index (κ1) is 15.6. The zero-order valence-electron chi connectivity index (χ0n) is 11.3. The van der Waals surface area contributed by atoms with Crippen LogP contribution in [0.3, 0.4) is 0 Å². The number of carbonyl (C=O) groups is 1. The van der Waals surface area contributed by atoms with Crippen molar-refractivity contribution in [3.8, 4) is 0 Å². The number of nitrogens with zero attached hydrogens (tertiary/aromatic N) is 1. The Kier molecular flexibility index (Phi) is 4.31. The molecular weight excluding hydrogens is 406 g/mol. The Morgan fingerprint density at radius 2 is 2.27 bits per heavy atom. The summed E-state index contributed by atoms with van der Waals surface area (Å²) in [6.07, 6.45) is 0.842. The average Bonchev–Trinajstić information content (AvgIpc) is 3.09. The summed E-state index contributed by atoms with van der Waals surface area (Å²) in [6, 6.07) is 3.52. The summed E-state index contributed by atoms with van der Waals surface area (Å²) in [7, 11) is 0. The van der Waals surface area contributed by atoms with E-state index in [1.807, 2.05) is 13.0 Å². The molecule has 3 rings (SSSR count). The van der Waals surface area contributed by atoms with Gasteiger partial charge in [-0.05, 0) is 46.7 Å². The molecule has 1 amide bonds. The topological polar surface area (TPSA) is 66.9 Å². The molecule has 9 heteroatoms. The van der Waals surface area contributed by atoms with Crippen molar-refractivity contribution < 1.29 is 4.79 Å². The van der Waals surface area contributed by atoms with E-state index >= 15 is 0 Å². The summed E-state index contributed by atoms with van der Waals surface area (Å²) in [5.41, 5.74) is 2.23. The molecule has 3 heterocycles. The first-order valence-electron chi connectivity index (χ1n) is 6.32. The number of H-pyrrole nitrogens is 1.